The van der Waals surface area contributed by atoms with Gasteiger partial charge in [0.25, 0.3) is 0 Å². The topological polar surface area (TPSA) is 43.4 Å². The molecule has 1 aliphatic heterocycles. The van der Waals surface area contributed by atoms with E-state index >= 15 is 0 Å². The Balaban J connectivity index is 1.51. The average molecular weight is 329 g/mol. The van der Waals surface area contributed by atoms with Crippen molar-refractivity contribution in [2.45, 2.75) is 52.2 Å². The lowest BCUT2D eigenvalue weighted by molar-refractivity contribution is 0.101. The van der Waals surface area contributed by atoms with Gasteiger partial charge in [-0.15, -0.1) is 0 Å². The molecule has 24 heavy (non-hydrogen) atoms. The summed E-state index contributed by atoms with van der Waals surface area (Å²) in [4.78, 5) is 2.45. The zero-order valence-electron chi connectivity index (χ0n) is 14.7. The minimum absolute atomic E-state index is 0.352. The van der Waals surface area contributed by atoms with Crippen LogP contribution in [-0.2, 0) is 24.4 Å². The third-order valence-corrected chi connectivity index (χ3v) is 4.97. The van der Waals surface area contributed by atoms with E-state index in [0.717, 1.165) is 56.8 Å². The summed E-state index contributed by atoms with van der Waals surface area (Å²) in [6.07, 6.45) is 4.97. The van der Waals surface area contributed by atoms with Crippen LogP contribution in [0.3, 0.4) is 0 Å². The largest absolute Gasteiger partial charge is 0.465 e. The van der Waals surface area contributed by atoms with Gasteiger partial charge in [0.1, 0.15) is 11.5 Å². The van der Waals surface area contributed by atoms with Gasteiger partial charge >= 0.3 is 0 Å². The first-order valence-corrected chi connectivity index (χ1v) is 9.13. The molecule has 1 saturated carbocycles. The van der Waals surface area contributed by atoms with E-state index in [2.05, 4.69) is 28.8 Å². The van der Waals surface area contributed by atoms with E-state index in [9.17, 15) is 0 Å². The molecule has 0 saturated heterocycles. The van der Waals surface area contributed by atoms with Crippen molar-refractivity contribution in [2.24, 2.45) is 5.92 Å². The van der Waals surface area contributed by atoms with Gasteiger partial charge in [-0.25, -0.2) is 0 Å². The van der Waals surface area contributed by atoms with Crippen LogP contribution in [0, 0.1) is 12.8 Å². The van der Waals surface area contributed by atoms with Gasteiger partial charge in [-0.2, -0.15) is 5.10 Å². The normalized spacial score (nSPS) is 21.2. The van der Waals surface area contributed by atoms with Gasteiger partial charge in [-0.3, -0.25) is 9.58 Å². The minimum atomic E-state index is 0.352. The standard InChI is InChI=1S/C19H27N3O2/c1-3-23-13-17-10-21(12-18-7-4-14(2)24-18)9-16-11-22(20-19(16)17)8-15-5-6-15/h4,7,11,15,17H,3,5-6,8-10,12-13H2,1-2H3. The van der Waals surface area contributed by atoms with E-state index in [1.165, 1.54) is 24.1 Å². The highest BCUT2D eigenvalue weighted by molar-refractivity contribution is 5.25. The molecule has 2 aliphatic rings. The zero-order chi connectivity index (χ0) is 16.5. The second kappa shape index (κ2) is 6.73. The van der Waals surface area contributed by atoms with E-state index < -0.39 is 0 Å². The maximum Gasteiger partial charge on any atom is 0.118 e. The van der Waals surface area contributed by atoms with Crippen LogP contribution in [-0.4, -0.2) is 34.4 Å². The van der Waals surface area contributed by atoms with Gasteiger partial charge in [0, 0.05) is 43.9 Å². The van der Waals surface area contributed by atoms with Crippen molar-refractivity contribution in [3.05, 3.63) is 41.1 Å². The molecule has 5 nitrogen and oxygen atoms in total. The molecule has 2 aromatic rings. The van der Waals surface area contributed by atoms with Gasteiger partial charge in [0.15, 0.2) is 0 Å². The minimum Gasteiger partial charge on any atom is -0.465 e. The summed E-state index contributed by atoms with van der Waals surface area (Å²) in [5.41, 5.74) is 2.60. The molecule has 130 valence electrons. The molecule has 0 spiro atoms. The molecule has 1 fully saturated rings. The molecule has 0 amide bonds. The SMILES string of the molecule is CCOCC1CN(Cc2ccc(C)o2)Cc2cn(CC3CC3)nc21. The highest BCUT2D eigenvalue weighted by Crippen LogP contribution is 2.33. The van der Waals surface area contributed by atoms with Crippen molar-refractivity contribution >= 4 is 0 Å². The van der Waals surface area contributed by atoms with Gasteiger partial charge in [-0.1, -0.05) is 0 Å². The van der Waals surface area contributed by atoms with Gasteiger partial charge < -0.3 is 9.15 Å². The van der Waals surface area contributed by atoms with Crippen LogP contribution in [0.1, 0.15) is 48.5 Å². The summed E-state index contributed by atoms with van der Waals surface area (Å²) in [5, 5.41) is 4.90. The summed E-state index contributed by atoms with van der Waals surface area (Å²) in [7, 11) is 0. The molecule has 1 unspecified atom stereocenters. The monoisotopic (exact) mass is 329 g/mol. The van der Waals surface area contributed by atoms with Crippen molar-refractivity contribution in [3.8, 4) is 0 Å². The third-order valence-electron chi connectivity index (χ3n) is 4.97. The Kier molecular flexibility index (Phi) is 4.46. The second-order valence-electron chi connectivity index (χ2n) is 7.24. The maximum absolute atomic E-state index is 5.76. The Hall–Kier alpha value is -1.59. The molecule has 4 rings (SSSR count). The van der Waals surface area contributed by atoms with E-state index in [-0.39, 0.29) is 0 Å². The Labute approximate surface area is 143 Å². The summed E-state index contributed by atoms with van der Waals surface area (Å²) < 4.78 is 13.7. The summed E-state index contributed by atoms with van der Waals surface area (Å²) in [6.45, 7) is 9.41. The molecular weight excluding hydrogens is 302 g/mol. The van der Waals surface area contributed by atoms with Crippen LogP contribution < -0.4 is 0 Å². The Morgan fingerprint density at radius 2 is 2.21 bits per heavy atom. The highest BCUT2D eigenvalue weighted by atomic mass is 16.5. The predicted molar refractivity (Wildman–Crippen MR) is 91.7 cm³/mol. The van der Waals surface area contributed by atoms with E-state index in [0.29, 0.717) is 5.92 Å². The highest BCUT2D eigenvalue weighted by Gasteiger charge is 2.30. The number of hydrogen-bond donors (Lipinski definition) is 0. The summed E-state index contributed by atoms with van der Waals surface area (Å²) in [5.74, 6) is 3.21. The van der Waals surface area contributed by atoms with E-state index in [4.69, 9.17) is 14.3 Å². The number of nitrogens with zero attached hydrogens (tertiary/aromatic N) is 3. The first-order valence-electron chi connectivity index (χ1n) is 9.13. The third kappa shape index (κ3) is 3.57. The number of hydrogen-bond acceptors (Lipinski definition) is 4. The zero-order valence-corrected chi connectivity index (χ0v) is 14.7. The van der Waals surface area contributed by atoms with Crippen molar-refractivity contribution in [2.75, 3.05) is 19.8 Å². The molecule has 3 heterocycles. The number of aryl methyl sites for hydroxylation is 1. The van der Waals surface area contributed by atoms with Crippen LogP contribution in [0.5, 0.6) is 0 Å². The molecule has 1 aliphatic carbocycles. The number of rotatable bonds is 7. The van der Waals surface area contributed by atoms with Crippen LogP contribution >= 0.6 is 0 Å². The fourth-order valence-electron chi connectivity index (χ4n) is 3.61. The second-order valence-corrected chi connectivity index (χ2v) is 7.24. The average Bonchev–Trinajstić information content (AvgIpc) is 3.13. The summed E-state index contributed by atoms with van der Waals surface area (Å²) >= 11 is 0. The van der Waals surface area contributed by atoms with Crippen molar-refractivity contribution in [1.82, 2.24) is 14.7 Å². The Bertz CT molecular complexity index is 687. The number of furan rings is 1. The van der Waals surface area contributed by atoms with Crippen LogP contribution in [0.25, 0.3) is 0 Å². The van der Waals surface area contributed by atoms with Crippen LogP contribution in [0.15, 0.2) is 22.7 Å². The van der Waals surface area contributed by atoms with Crippen LogP contribution in [0.2, 0.25) is 0 Å². The van der Waals surface area contributed by atoms with Crippen LogP contribution in [0.4, 0.5) is 0 Å². The van der Waals surface area contributed by atoms with E-state index in [1.54, 1.807) is 0 Å². The first kappa shape index (κ1) is 15.9. The van der Waals surface area contributed by atoms with Gasteiger partial charge in [-0.05, 0) is 44.7 Å². The smallest absolute Gasteiger partial charge is 0.118 e. The fourth-order valence-corrected chi connectivity index (χ4v) is 3.61. The number of aromatic nitrogens is 2. The quantitative estimate of drug-likeness (QED) is 0.781. The van der Waals surface area contributed by atoms with Crippen molar-refractivity contribution < 1.29 is 9.15 Å². The molecule has 5 heteroatoms. The molecule has 2 aromatic heterocycles. The first-order chi connectivity index (χ1) is 11.7. The lowest BCUT2D eigenvalue weighted by Crippen LogP contribution is -2.34. The Morgan fingerprint density at radius 1 is 1.33 bits per heavy atom. The molecular formula is C19H27N3O2. The number of ether oxygens (including phenoxy) is 1. The number of fused-ring (bicyclic) bond motifs is 1. The van der Waals surface area contributed by atoms with Crippen molar-refractivity contribution in [1.29, 1.82) is 0 Å². The molecule has 0 N–H and O–H groups in total. The predicted octanol–water partition coefficient (Wildman–Crippen LogP) is 3.33. The van der Waals surface area contributed by atoms with Crippen molar-refractivity contribution in [3.63, 3.8) is 0 Å². The molecule has 0 radical (unpaired) electrons. The summed E-state index contributed by atoms with van der Waals surface area (Å²) in [6, 6.07) is 4.12. The maximum atomic E-state index is 5.76. The molecule has 0 aromatic carbocycles. The molecule has 1 atom stereocenters. The lowest BCUT2D eigenvalue weighted by atomic mass is 9.97. The molecule has 0 bridgehead atoms. The van der Waals surface area contributed by atoms with E-state index in [1.807, 2.05) is 13.0 Å². The Morgan fingerprint density at radius 3 is 2.92 bits per heavy atom. The lowest BCUT2D eigenvalue weighted by Gasteiger charge is -2.31. The van der Waals surface area contributed by atoms with Gasteiger partial charge in [0.2, 0.25) is 0 Å². The van der Waals surface area contributed by atoms with Gasteiger partial charge in [0.05, 0.1) is 18.8 Å². The fraction of sp³-hybridized carbons (Fsp3) is 0.632.